The molecule has 0 saturated carbocycles. The summed E-state index contributed by atoms with van der Waals surface area (Å²) in [6.07, 6.45) is 5.71. The molecule has 0 radical (unpaired) electrons. The maximum absolute atomic E-state index is 5.68. The maximum Gasteiger partial charge on any atom is 0.147 e. The summed E-state index contributed by atoms with van der Waals surface area (Å²) in [5.41, 5.74) is 11.1. The number of fused-ring (bicyclic) bond motifs is 1. The summed E-state index contributed by atoms with van der Waals surface area (Å²) in [4.78, 5) is 11.8. The van der Waals surface area contributed by atoms with Gasteiger partial charge in [0.25, 0.3) is 0 Å². The van der Waals surface area contributed by atoms with Crippen molar-refractivity contribution in [1.29, 1.82) is 0 Å². The molecule has 4 nitrogen and oxygen atoms in total. The largest absolute Gasteiger partial charge is 0.355 e. The minimum atomic E-state index is 0.572. The average molecular weight is 318 g/mol. The second kappa shape index (κ2) is 6.57. The molecule has 4 rings (SSSR count). The third-order valence-electron chi connectivity index (χ3n) is 4.73. The van der Waals surface area contributed by atoms with Crippen LogP contribution in [0.1, 0.15) is 24.8 Å². The summed E-state index contributed by atoms with van der Waals surface area (Å²) < 4.78 is 0. The predicted molar refractivity (Wildman–Crippen MR) is 98.9 cm³/mol. The zero-order valence-corrected chi connectivity index (χ0v) is 13.8. The van der Waals surface area contributed by atoms with Gasteiger partial charge in [-0.1, -0.05) is 30.3 Å². The molecular formula is C20H22N4. The first kappa shape index (κ1) is 15.1. The summed E-state index contributed by atoms with van der Waals surface area (Å²) in [5.74, 6) is 0.998. The van der Waals surface area contributed by atoms with E-state index in [1.54, 1.807) is 0 Å². The molecule has 122 valence electrons. The van der Waals surface area contributed by atoms with Crippen LogP contribution in [0.4, 0.5) is 5.82 Å². The predicted octanol–water partition coefficient (Wildman–Crippen LogP) is 3.75. The molecule has 1 fully saturated rings. The topological polar surface area (TPSA) is 55.0 Å². The number of rotatable bonds is 3. The molecule has 1 aliphatic heterocycles. The van der Waals surface area contributed by atoms with E-state index >= 15 is 0 Å². The molecule has 0 spiro atoms. The number of hydrogen-bond acceptors (Lipinski definition) is 4. The molecule has 1 aliphatic rings. The van der Waals surface area contributed by atoms with Crippen molar-refractivity contribution in [3.8, 4) is 11.1 Å². The van der Waals surface area contributed by atoms with Crippen molar-refractivity contribution in [3.63, 3.8) is 0 Å². The van der Waals surface area contributed by atoms with Crippen molar-refractivity contribution in [1.82, 2.24) is 9.97 Å². The fraction of sp³-hybridized carbons (Fsp3) is 0.300. The van der Waals surface area contributed by atoms with E-state index in [-0.39, 0.29) is 0 Å². The summed E-state index contributed by atoms with van der Waals surface area (Å²) in [6.45, 7) is 2.74. The van der Waals surface area contributed by atoms with Crippen molar-refractivity contribution in [2.45, 2.75) is 25.8 Å². The number of nitrogens with two attached hydrogens (primary N) is 1. The summed E-state index contributed by atoms with van der Waals surface area (Å²) >= 11 is 0. The SMILES string of the molecule is NCc1ccc(-c2ccc3ncc(N4CCCCC4)nc3c2)cc1. The van der Waals surface area contributed by atoms with Gasteiger partial charge in [-0.15, -0.1) is 0 Å². The van der Waals surface area contributed by atoms with Gasteiger partial charge in [-0.3, -0.25) is 4.98 Å². The molecule has 0 bridgehead atoms. The average Bonchev–Trinajstić information content (AvgIpc) is 2.68. The van der Waals surface area contributed by atoms with Crippen LogP contribution in [0, 0.1) is 0 Å². The van der Waals surface area contributed by atoms with E-state index in [0.29, 0.717) is 6.54 Å². The Morgan fingerprint density at radius 1 is 0.875 bits per heavy atom. The van der Waals surface area contributed by atoms with Crippen molar-refractivity contribution in [2.24, 2.45) is 5.73 Å². The number of anilines is 1. The van der Waals surface area contributed by atoms with E-state index in [1.807, 2.05) is 6.20 Å². The van der Waals surface area contributed by atoms with Crippen LogP contribution in [0.25, 0.3) is 22.2 Å². The highest BCUT2D eigenvalue weighted by Gasteiger charge is 2.13. The molecule has 0 unspecified atom stereocenters. The van der Waals surface area contributed by atoms with Crippen molar-refractivity contribution in [3.05, 3.63) is 54.2 Å². The zero-order valence-electron chi connectivity index (χ0n) is 13.8. The lowest BCUT2D eigenvalue weighted by atomic mass is 10.0. The van der Waals surface area contributed by atoms with Crippen LogP contribution < -0.4 is 10.6 Å². The number of aromatic nitrogens is 2. The summed E-state index contributed by atoms with van der Waals surface area (Å²) in [5, 5.41) is 0. The molecule has 2 N–H and O–H groups in total. The lowest BCUT2D eigenvalue weighted by Crippen LogP contribution is -2.30. The van der Waals surface area contributed by atoms with E-state index in [2.05, 4.69) is 52.3 Å². The number of piperidine rings is 1. The molecule has 2 heterocycles. The number of nitrogens with zero attached hydrogens (tertiary/aromatic N) is 3. The molecule has 24 heavy (non-hydrogen) atoms. The molecule has 0 amide bonds. The number of benzene rings is 2. The van der Waals surface area contributed by atoms with Gasteiger partial charge in [-0.25, -0.2) is 4.98 Å². The van der Waals surface area contributed by atoms with Crippen molar-refractivity contribution < 1.29 is 0 Å². The van der Waals surface area contributed by atoms with Crippen LogP contribution in [-0.4, -0.2) is 23.1 Å². The lowest BCUT2D eigenvalue weighted by Gasteiger charge is -2.27. The normalized spacial score (nSPS) is 15.0. The van der Waals surface area contributed by atoms with Crippen LogP contribution in [-0.2, 0) is 6.54 Å². The number of hydrogen-bond donors (Lipinski definition) is 1. The standard InChI is InChI=1S/C20H22N4/c21-13-15-4-6-16(7-5-15)17-8-9-18-19(12-17)23-20(14-22-18)24-10-2-1-3-11-24/h4-9,12,14H,1-3,10-11,13,21H2. The van der Waals surface area contributed by atoms with E-state index in [1.165, 1.54) is 24.8 Å². The third-order valence-corrected chi connectivity index (χ3v) is 4.73. The first-order valence-corrected chi connectivity index (χ1v) is 8.64. The van der Waals surface area contributed by atoms with Crippen LogP contribution >= 0.6 is 0 Å². The minimum Gasteiger partial charge on any atom is -0.355 e. The monoisotopic (exact) mass is 318 g/mol. The molecule has 1 aromatic heterocycles. The van der Waals surface area contributed by atoms with E-state index in [4.69, 9.17) is 10.7 Å². The van der Waals surface area contributed by atoms with Gasteiger partial charge in [0.2, 0.25) is 0 Å². The second-order valence-electron chi connectivity index (χ2n) is 6.38. The fourth-order valence-corrected chi connectivity index (χ4v) is 3.29. The Bertz CT molecular complexity index is 836. The van der Waals surface area contributed by atoms with Crippen LogP contribution in [0.3, 0.4) is 0 Å². The van der Waals surface area contributed by atoms with E-state index in [0.717, 1.165) is 41.1 Å². The van der Waals surface area contributed by atoms with Gasteiger partial charge >= 0.3 is 0 Å². The Labute approximate surface area is 142 Å². The molecule has 2 aromatic carbocycles. The molecule has 0 atom stereocenters. The highest BCUT2D eigenvalue weighted by Crippen LogP contribution is 2.25. The van der Waals surface area contributed by atoms with Crippen LogP contribution in [0.5, 0.6) is 0 Å². The van der Waals surface area contributed by atoms with Crippen molar-refractivity contribution in [2.75, 3.05) is 18.0 Å². The Morgan fingerprint density at radius 2 is 1.62 bits per heavy atom. The minimum absolute atomic E-state index is 0.572. The first-order chi connectivity index (χ1) is 11.8. The summed E-state index contributed by atoms with van der Waals surface area (Å²) in [7, 11) is 0. The third kappa shape index (κ3) is 2.97. The van der Waals surface area contributed by atoms with Crippen LogP contribution in [0.2, 0.25) is 0 Å². The van der Waals surface area contributed by atoms with Gasteiger partial charge in [0.05, 0.1) is 17.2 Å². The Kier molecular flexibility index (Phi) is 4.13. The smallest absolute Gasteiger partial charge is 0.147 e. The van der Waals surface area contributed by atoms with Gasteiger partial charge in [0.1, 0.15) is 5.82 Å². The highest BCUT2D eigenvalue weighted by molar-refractivity contribution is 5.82. The molecule has 0 aliphatic carbocycles. The summed E-state index contributed by atoms with van der Waals surface area (Å²) in [6, 6.07) is 14.7. The van der Waals surface area contributed by atoms with Gasteiger partial charge in [0.15, 0.2) is 0 Å². The van der Waals surface area contributed by atoms with Crippen LogP contribution in [0.15, 0.2) is 48.7 Å². The zero-order chi connectivity index (χ0) is 16.4. The maximum atomic E-state index is 5.68. The molecular weight excluding hydrogens is 296 g/mol. The van der Waals surface area contributed by atoms with E-state index in [9.17, 15) is 0 Å². The first-order valence-electron chi connectivity index (χ1n) is 8.64. The highest BCUT2D eigenvalue weighted by atomic mass is 15.2. The quantitative estimate of drug-likeness (QED) is 0.799. The van der Waals surface area contributed by atoms with Gasteiger partial charge < -0.3 is 10.6 Å². The second-order valence-corrected chi connectivity index (χ2v) is 6.38. The van der Waals surface area contributed by atoms with Gasteiger partial charge in [-0.2, -0.15) is 0 Å². The molecule has 3 aromatic rings. The van der Waals surface area contributed by atoms with E-state index < -0.39 is 0 Å². The van der Waals surface area contributed by atoms with Gasteiger partial charge in [0, 0.05) is 19.6 Å². The van der Waals surface area contributed by atoms with Crippen molar-refractivity contribution >= 4 is 16.9 Å². The Balaban J connectivity index is 1.69. The Morgan fingerprint density at radius 3 is 2.38 bits per heavy atom. The molecule has 1 saturated heterocycles. The lowest BCUT2D eigenvalue weighted by molar-refractivity contribution is 0.573. The van der Waals surface area contributed by atoms with Gasteiger partial charge in [-0.05, 0) is 48.1 Å². The fourth-order valence-electron chi connectivity index (χ4n) is 3.29. The molecule has 4 heteroatoms. The Hall–Kier alpha value is -2.46.